The molecule has 1 aliphatic carbocycles. The summed E-state index contributed by atoms with van der Waals surface area (Å²) in [5.41, 5.74) is 2.03. The SMILES string of the molecule is O=C1C(=Cc2nc3oc(-c4ccccc4)nc3o2)C(=O)c2cc3ccccc3cc21. The number of hydrogen-bond donors (Lipinski definition) is 0. The molecule has 2 aromatic heterocycles. The molecule has 0 spiro atoms. The monoisotopic (exact) mass is 392 g/mol. The van der Waals surface area contributed by atoms with Gasteiger partial charge in [-0.25, -0.2) is 0 Å². The fourth-order valence-corrected chi connectivity index (χ4v) is 3.69. The summed E-state index contributed by atoms with van der Waals surface area (Å²) in [5, 5.41) is 1.81. The number of aromatic nitrogens is 2. The summed E-state index contributed by atoms with van der Waals surface area (Å²) in [5.74, 6) is -0.185. The van der Waals surface area contributed by atoms with E-state index in [1.54, 1.807) is 12.1 Å². The van der Waals surface area contributed by atoms with E-state index in [2.05, 4.69) is 9.97 Å². The molecule has 0 atom stereocenters. The molecule has 3 aromatic carbocycles. The molecular weight excluding hydrogens is 380 g/mol. The standard InChI is InChI=1S/C24H12N2O4/c27-20-16-10-14-8-4-5-9-15(14)11-17(16)21(28)18(20)12-19-25-23-24(29-19)26-22(30-23)13-6-2-1-3-7-13/h1-12H. The number of hydrogen-bond acceptors (Lipinski definition) is 6. The molecule has 0 bridgehead atoms. The van der Waals surface area contributed by atoms with E-state index >= 15 is 0 Å². The van der Waals surface area contributed by atoms with Gasteiger partial charge >= 0.3 is 0 Å². The molecule has 5 aromatic rings. The lowest BCUT2D eigenvalue weighted by Gasteiger charge is -2.00. The zero-order valence-corrected chi connectivity index (χ0v) is 15.5. The van der Waals surface area contributed by atoms with E-state index in [1.165, 1.54) is 6.08 Å². The Balaban J connectivity index is 1.39. The number of benzene rings is 3. The zero-order valence-electron chi connectivity index (χ0n) is 15.5. The Bertz CT molecular complexity index is 1440. The number of rotatable bonds is 2. The molecule has 6 rings (SSSR count). The number of oxazole rings is 2. The molecule has 0 unspecified atom stereocenters. The number of ketones is 2. The first-order valence-corrected chi connectivity index (χ1v) is 9.34. The molecule has 0 N–H and O–H groups in total. The second-order valence-corrected chi connectivity index (χ2v) is 7.01. The molecule has 0 amide bonds. The molecule has 30 heavy (non-hydrogen) atoms. The van der Waals surface area contributed by atoms with Gasteiger partial charge in [-0.15, -0.1) is 0 Å². The first kappa shape index (κ1) is 16.6. The van der Waals surface area contributed by atoms with E-state index in [0.29, 0.717) is 17.0 Å². The maximum Gasteiger partial charge on any atom is 0.288 e. The van der Waals surface area contributed by atoms with Crippen LogP contribution in [0.5, 0.6) is 0 Å². The van der Waals surface area contributed by atoms with Crippen molar-refractivity contribution in [1.82, 2.24) is 9.97 Å². The highest BCUT2D eigenvalue weighted by Crippen LogP contribution is 2.32. The first-order valence-electron chi connectivity index (χ1n) is 9.34. The first-order chi connectivity index (χ1) is 14.7. The van der Waals surface area contributed by atoms with Crippen LogP contribution in [0.2, 0.25) is 0 Å². The third kappa shape index (κ3) is 2.44. The lowest BCUT2D eigenvalue weighted by molar-refractivity contribution is 0.0990. The quantitative estimate of drug-likeness (QED) is 0.307. The highest BCUT2D eigenvalue weighted by Gasteiger charge is 2.34. The molecule has 142 valence electrons. The van der Waals surface area contributed by atoms with Crippen LogP contribution in [0.15, 0.2) is 81.1 Å². The van der Waals surface area contributed by atoms with Crippen LogP contribution >= 0.6 is 0 Å². The second-order valence-electron chi connectivity index (χ2n) is 7.01. The van der Waals surface area contributed by atoms with Crippen molar-refractivity contribution in [1.29, 1.82) is 0 Å². The Hall–Kier alpha value is -4.32. The van der Waals surface area contributed by atoms with Crippen LogP contribution in [0.3, 0.4) is 0 Å². The van der Waals surface area contributed by atoms with Crippen LogP contribution in [0.1, 0.15) is 26.6 Å². The van der Waals surface area contributed by atoms with Crippen molar-refractivity contribution < 1.29 is 18.4 Å². The maximum absolute atomic E-state index is 12.9. The number of allylic oxidation sites excluding steroid dienone is 1. The molecule has 0 fully saturated rings. The number of carbonyl (C=O) groups is 2. The van der Waals surface area contributed by atoms with Gasteiger partial charge in [-0.2, -0.15) is 9.97 Å². The fourth-order valence-electron chi connectivity index (χ4n) is 3.69. The normalized spacial score (nSPS) is 13.4. The van der Waals surface area contributed by atoms with Gasteiger partial charge < -0.3 is 8.83 Å². The molecule has 0 radical (unpaired) electrons. The van der Waals surface area contributed by atoms with Crippen molar-refractivity contribution in [3.8, 4) is 11.5 Å². The summed E-state index contributed by atoms with van der Waals surface area (Å²) in [7, 11) is 0. The molecule has 1 aliphatic rings. The van der Waals surface area contributed by atoms with E-state index in [1.807, 2.05) is 54.6 Å². The van der Waals surface area contributed by atoms with Crippen LogP contribution in [-0.4, -0.2) is 21.5 Å². The van der Waals surface area contributed by atoms with E-state index in [4.69, 9.17) is 8.83 Å². The molecular formula is C24H12N2O4. The molecule has 6 heteroatoms. The average Bonchev–Trinajstić information content (AvgIpc) is 3.41. The predicted molar refractivity (Wildman–Crippen MR) is 110 cm³/mol. The number of carbonyl (C=O) groups excluding carboxylic acids is 2. The van der Waals surface area contributed by atoms with E-state index in [9.17, 15) is 9.59 Å². The molecule has 2 heterocycles. The van der Waals surface area contributed by atoms with Gasteiger partial charge in [-0.05, 0) is 35.0 Å². The Labute approximate surface area is 169 Å². The number of nitrogens with zero attached hydrogens (tertiary/aromatic N) is 2. The van der Waals surface area contributed by atoms with Gasteiger partial charge in [-0.1, -0.05) is 42.5 Å². The third-order valence-corrected chi connectivity index (χ3v) is 5.15. The summed E-state index contributed by atoms with van der Waals surface area (Å²) in [6.45, 7) is 0. The zero-order chi connectivity index (χ0) is 20.2. The molecule has 0 saturated heterocycles. The summed E-state index contributed by atoms with van der Waals surface area (Å²) < 4.78 is 11.3. The van der Waals surface area contributed by atoms with Crippen LogP contribution < -0.4 is 0 Å². The maximum atomic E-state index is 12.9. The van der Waals surface area contributed by atoms with Gasteiger partial charge in [0.05, 0.1) is 5.57 Å². The van der Waals surface area contributed by atoms with Crippen molar-refractivity contribution in [3.63, 3.8) is 0 Å². The highest BCUT2D eigenvalue weighted by atomic mass is 16.4. The van der Waals surface area contributed by atoms with Crippen molar-refractivity contribution in [2.24, 2.45) is 0 Å². The largest absolute Gasteiger partial charge is 0.415 e. The van der Waals surface area contributed by atoms with Gasteiger partial charge in [0.2, 0.25) is 11.8 Å². The number of Topliss-reactive ketones (excluding diaryl/α,β-unsaturated/α-hetero) is 2. The van der Waals surface area contributed by atoms with Crippen molar-refractivity contribution >= 4 is 39.8 Å². The summed E-state index contributed by atoms with van der Waals surface area (Å²) >= 11 is 0. The molecule has 0 saturated carbocycles. The van der Waals surface area contributed by atoms with Crippen molar-refractivity contribution in [3.05, 3.63) is 89.3 Å². The van der Waals surface area contributed by atoms with Crippen molar-refractivity contribution in [2.45, 2.75) is 0 Å². The smallest absolute Gasteiger partial charge is 0.288 e. The van der Waals surface area contributed by atoms with Gasteiger partial charge in [0.15, 0.2) is 11.6 Å². The number of fused-ring (bicyclic) bond motifs is 3. The highest BCUT2D eigenvalue weighted by molar-refractivity contribution is 6.41. The third-order valence-electron chi connectivity index (χ3n) is 5.15. The van der Waals surface area contributed by atoms with E-state index in [0.717, 1.165) is 16.3 Å². The van der Waals surface area contributed by atoms with Crippen LogP contribution in [-0.2, 0) is 0 Å². The Morgan fingerprint density at radius 2 is 1.30 bits per heavy atom. The fraction of sp³-hybridized carbons (Fsp3) is 0. The van der Waals surface area contributed by atoms with E-state index in [-0.39, 0.29) is 34.5 Å². The minimum atomic E-state index is -0.339. The van der Waals surface area contributed by atoms with Gasteiger partial charge in [0.1, 0.15) is 0 Å². The van der Waals surface area contributed by atoms with Gasteiger partial charge in [0, 0.05) is 22.8 Å². The lowest BCUT2D eigenvalue weighted by Crippen LogP contribution is -2.00. The van der Waals surface area contributed by atoms with Crippen molar-refractivity contribution in [2.75, 3.05) is 0 Å². The lowest BCUT2D eigenvalue weighted by atomic mass is 10.0. The van der Waals surface area contributed by atoms with Gasteiger partial charge in [-0.3, -0.25) is 9.59 Å². The van der Waals surface area contributed by atoms with Crippen LogP contribution in [0.25, 0.3) is 39.7 Å². The minimum Gasteiger partial charge on any atom is -0.415 e. The molecule has 0 aliphatic heterocycles. The van der Waals surface area contributed by atoms with E-state index < -0.39 is 0 Å². The second kappa shape index (κ2) is 6.09. The summed E-state index contributed by atoms with van der Waals surface area (Å²) in [6, 6.07) is 20.5. The molecule has 6 nitrogen and oxygen atoms in total. The minimum absolute atomic E-state index is 0.0208. The Kier molecular flexibility index (Phi) is 3.37. The average molecular weight is 392 g/mol. The van der Waals surface area contributed by atoms with Crippen LogP contribution in [0.4, 0.5) is 0 Å². The summed E-state index contributed by atoms with van der Waals surface area (Å²) in [6.07, 6.45) is 1.36. The van der Waals surface area contributed by atoms with Crippen LogP contribution in [0, 0.1) is 0 Å². The Morgan fingerprint density at radius 3 is 1.93 bits per heavy atom. The predicted octanol–water partition coefficient (Wildman–Crippen LogP) is 5.10. The Morgan fingerprint density at radius 1 is 0.700 bits per heavy atom. The summed E-state index contributed by atoms with van der Waals surface area (Å²) in [4.78, 5) is 34.2. The topological polar surface area (TPSA) is 86.2 Å². The van der Waals surface area contributed by atoms with Gasteiger partial charge in [0.25, 0.3) is 11.4 Å².